The van der Waals surface area contributed by atoms with Crippen molar-refractivity contribution in [3.63, 3.8) is 0 Å². The third-order valence-corrected chi connectivity index (χ3v) is 2.69. The van der Waals surface area contributed by atoms with Gasteiger partial charge in [0.25, 0.3) is 0 Å². The Morgan fingerprint density at radius 1 is 1.21 bits per heavy atom. The van der Waals surface area contributed by atoms with Crippen LogP contribution in [-0.2, 0) is 6.54 Å². The summed E-state index contributed by atoms with van der Waals surface area (Å²) in [4.78, 5) is 6.08. The predicted octanol–water partition coefficient (Wildman–Crippen LogP) is 3.04. The van der Waals surface area contributed by atoms with Crippen LogP contribution in [0.15, 0.2) is 36.5 Å². The lowest BCUT2D eigenvalue weighted by atomic mass is 10.2. The van der Waals surface area contributed by atoms with E-state index in [2.05, 4.69) is 10.3 Å². The summed E-state index contributed by atoms with van der Waals surface area (Å²) in [6.07, 6.45) is 1.68. The summed E-state index contributed by atoms with van der Waals surface area (Å²) in [6.45, 7) is 0.204. The Morgan fingerprint density at radius 2 is 2.00 bits per heavy atom. The van der Waals surface area contributed by atoms with Gasteiger partial charge in [-0.1, -0.05) is 0 Å². The van der Waals surface area contributed by atoms with Crippen LogP contribution in [0.3, 0.4) is 0 Å². The first-order valence-electron chi connectivity index (χ1n) is 5.88. The van der Waals surface area contributed by atoms with Gasteiger partial charge in [0.1, 0.15) is 11.6 Å². The second-order valence-corrected chi connectivity index (χ2v) is 4.36. The molecule has 2 aromatic rings. The maximum atomic E-state index is 13.5. The minimum absolute atomic E-state index is 0.204. The molecule has 0 radical (unpaired) electrons. The van der Waals surface area contributed by atoms with Crippen molar-refractivity contribution in [1.29, 1.82) is 0 Å². The van der Waals surface area contributed by atoms with Crippen LogP contribution in [0.1, 0.15) is 5.56 Å². The van der Waals surface area contributed by atoms with Gasteiger partial charge < -0.3 is 10.2 Å². The topological polar surface area (TPSA) is 28.2 Å². The van der Waals surface area contributed by atoms with Crippen molar-refractivity contribution in [2.75, 3.05) is 24.3 Å². The molecule has 0 spiro atoms. The summed E-state index contributed by atoms with van der Waals surface area (Å²) in [5.41, 5.74) is 1.06. The molecule has 19 heavy (non-hydrogen) atoms. The molecule has 0 saturated carbocycles. The summed E-state index contributed by atoms with van der Waals surface area (Å²) in [5, 5.41) is 3.07. The zero-order chi connectivity index (χ0) is 13.8. The minimum atomic E-state index is -0.447. The smallest absolute Gasteiger partial charge is 0.151 e. The predicted molar refractivity (Wildman–Crippen MR) is 72.2 cm³/mol. The molecule has 0 saturated heterocycles. The van der Waals surface area contributed by atoms with Gasteiger partial charge in [0.05, 0.1) is 5.69 Å². The van der Waals surface area contributed by atoms with Crippen LogP contribution in [0.25, 0.3) is 0 Å². The van der Waals surface area contributed by atoms with Crippen molar-refractivity contribution >= 4 is 11.5 Å². The molecule has 5 heteroatoms. The van der Waals surface area contributed by atoms with Gasteiger partial charge in [-0.25, -0.2) is 13.8 Å². The zero-order valence-corrected chi connectivity index (χ0v) is 10.8. The average Bonchev–Trinajstić information content (AvgIpc) is 2.40. The van der Waals surface area contributed by atoms with Crippen LogP contribution in [0.5, 0.6) is 0 Å². The van der Waals surface area contributed by atoms with Gasteiger partial charge in [-0.05, 0) is 30.3 Å². The largest absolute Gasteiger partial charge is 0.378 e. The van der Waals surface area contributed by atoms with Gasteiger partial charge in [-0.15, -0.1) is 0 Å². The fourth-order valence-electron chi connectivity index (χ4n) is 1.76. The van der Waals surface area contributed by atoms with Crippen LogP contribution < -0.4 is 10.2 Å². The Kier molecular flexibility index (Phi) is 3.94. The van der Waals surface area contributed by atoms with E-state index in [1.807, 2.05) is 25.1 Å². The monoisotopic (exact) mass is 263 g/mol. The number of aromatic nitrogens is 1. The Balaban J connectivity index is 2.17. The van der Waals surface area contributed by atoms with E-state index < -0.39 is 11.6 Å². The summed E-state index contributed by atoms with van der Waals surface area (Å²) >= 11 is 0. The Morgan fingerprint density at radius 3 is 2.74 bits per heavy atom. The lowest BCUT2D eigenvalue weighted by Crippen LogP contribution is -2.14. The van der Waals surface area contributed by atoms with Crippen LogP contribution in [0.4, 0.5) is 20.3 Å². The third kappa shape index (κ3) is 3.19. The number of nitrogens with one attached hydrogen (secondary N) is 1. The first-order chi connectivity index (χ1) is 9.08. The molecule has 0 aliphatic carbocycles. The van der Waals surface area contributed by atoms with E-state index >= 15 is 0 Å². The molecule has 0 atom stereocenters. The van der Waals surface area contributed by atoms with Crippen molar-refractivity contribution in [2.24, 2.45) is 0 Å². The van der Waals surface area contributed by atoms with Crippen molar-refractivity contribution in [3.05, 3.63) is 53.7 Å². The van der Waals surface area contributed by atoms with Crippen LogP contribution in [0.2, 0.25) is 0 Å². The van der Waals surface area contributed by atoms with Gasteiger partial charge in [-0.2, -0.15) is 0 Å². The van der Waals surface area contributed by atoms with Crippen LogP contribution in [0, 0.1) is 11.6 Å². The zero-order valence-electron chi connectivity index (χ0n) is 10.8. The fourth-order valence-corrected chi connectivity index (χ4v) is 1.76. The summed E-state index contributed by atoms with van der Waals surface area (Å²) in [6, 6.07) is 7.06. The number of benzene rings is 1. The fraction of sp³-hybridized carbons (Fsp3) is 0.214. The SMILES string of the molecule is CN(C)c1ncccc1NCc1cc(F)ccc1F. The van der Waals surface area contributed by atoms with E-state index in [-0.39, 0.29) is 12.1 Å². The number of halogens is 2. The van der Waals surface area contributed by atoms with E-state index in [0.29, 0.717) is 0 Å². The number of hydrogen-bond donors (Lipinski definition) is 1. The Labute approximate surface area is 110 Å². The number of pyridine rings is 1. The van der Waals surface area contributed by atoms with Crippen molar-refractivity contribution in [1.82, 2.24) is 4.98 Å². The normalized spacial score (nSPS) is 10.3. The van der Waals surface area contributed by atoms with Gasteiger partial charge in [0.15, 0.2) is 5.82 Å². The highest BCUT2D eigenvalue weighted by atomic mass is 19.1. The molecule has 0 unspecified atom stereocenters. The number of hydrogen-bond acceptors (Lipinski definition) is 3. The maximum Gasteiger partial charge on any atom is 0.151 e. The third-order valence-electron chi connectivity index (χ3n) is 2.69. The Bertz CT molecular complexity index is 570. The molecule has 1 heterocycles. The lowest BCUT2D eigenvalue weighted by molar-refractivity contribution is 0.587. The van der Waals surface area contributed by atoms with E-state index in [1.54, 1.807) is 12.3 Å². The van der Waals surface area contributed by atoms with Crippen molar-refractivity contribution in [2.45, 2.75) is 6.54 Å². The first-order valence-corrected chi connectivity index (χ1v) is 5.88. The second-order valence-electron chi connectivity index (χ2n) is 4.36. The summed E-state index contributed by atoms with van der Waals surface area (Å²) in [7, 11) is 3.74. The number of rotatable bonds is 4. The van der Waals surface area contributed by atoms with E-state index in [1.165, 1.54) is 6.07 Å². The molecular weight excluding hydrogens is 248 g/mol. The van der Waals surface area contributed by atoms with E-state index in [0.717, 1.165) is 23.6 Å². The quantitative estimate of drug-likeness (QED) is 0.919. The molecule has 1 N–H and O–H groups in total. The van der Waals surface area contributed by atoms with Crippen LogP contribution >= 0.6 is 0 Å². The standard InChI is InChI=1S/C14H15F2N3/c1-19(2)14-13(4-3-7-17-14)18-9-10-8-11(15)5-6-12(10)16/h3-8,18H,9H2,1-2H3. The summed E-state index contributed by atoms with van der Waals surface area (Å²) in [5.74, 6) is -0.124. The molecule has 1 aromatic heterocycles. The highest BCUT2D eigenvalue weighted by Crippen LogP contribution is 2.21. The minimum Gasteiger partial charge on any atom is -0.378 e. The lowest BCUT2D eigenvalue weighted by Gasteiger charge is -2.17. The molecule has 0 bridgehead atoms. The molecule has 0 aliphatic heterocycles. The van der Waals surface area contributed by atoms with Gasteiger partial charge in [-0.3, -0.25) is 0 Å². The number of anilines is 2. The second kappa shape index (κ2) is 5.65. The van der Waals surface area contributed by atoms with Gasteiger partial charge in [0.2, 0.25) is 0 Å². The number of nitrogens with zero attached hydrogens (tertiary/aromatic N) is 2. The van der Waals surface area contributed by atoms with Crippen molar-refractivity contribution < 1.29 is 8.78 Å². The molecular formula is C14H15F2N3. The molecule has 2 rings (SSSR count). The molecule has 0 aliphatic rings. The van der Waals surface area contributed by atoms with E-state index in [9.17, 15) is 8.78 Å². The van der Waals surface area contributed by atoms with Crippen molar-refractivity contribution in [3.8, 4) is 0 Å². The molecule has 1 aromatic carbocycles. The molecule has 3 nitrogen and oxygen atoms in total. The molecule has 0 fully saturated rings. The highest BCUT2D eigenvalue weighted by Gasteiger charge is 2.07. The maximum absolute atomic E-state index is 13.5. The summed E-state index contributed by atoms with van der Waals surface area (Å²) < 4.78 is 26.6. The Hall–Kier alpha value is -2.17. The average molecular weight is 263 g/mol. The van der Waals surface area contributed by atoms with E-state index in [4.69, 9.17) is 0 Å². The first kappa shape index (κ1) is 13.3. The molecule has 0 amide bonds. The van der Waals surface area contributed by atoms with Gasteiger partial charge in [0, 0.05) is 32.4 Å². The van der Waals surface area contributed by atoms with Gasteiger partial charge >= 0.3 is 0 Å². The highest BCUT2D eigenvalue weighted by molar-refractivity contribution is 5.64. The van der Waals surface area contributed by atoms with Crippen LogP contribution in [-0.4, -0.2) is 19.1 Å². The molecule has 100 valence electrons.